The van der Waals surface area contributed by atoms with Crippen molar-refractivity contribution in [1.29, 1.82) is 0 Å². The van der Waals surface area contributed by atoms with Crippen molar-refractivity contribution in [2.75, 3.05) is 39.6 Å². The van der Waals surface area contributed by atoms with Crippen LogP contribution in [0.1, 0.15) is 65.7 Å². The number of epoxide rings is 1. The summed E-state index contributed by atoms with van der Waals surface area (Å²) >= 11 is 0. The molecule has 2 aromatic rings. The van der Waals surface area contributed by atoms with Crippen LogP contribution >= 0.6 is 0 Å². The Balaban J connectivity index is 1.23. The van der Waals surface area contributed by atoms with Crippen molar-refractivity contribution in [1.82, 2.24) is 0 Å². The molecular formula is C30H46O6Si. The van der Waals surface area contributed by atoms with Crippen LogP contribution in [0.2, 0.25) is 6.04 Å². The van der Waals surface area contributed by atoms with Crippen LogP contribution in [-0.2, 0) is 18.0 Å². The Morgan fingerprint density at radius 2 is 1.11 bits per heavy atom. The molecule has 0 aromatic heterocycles. The van der Waals surface area contributed by atoms with Gasteiger partial charge in [-0.1, -0.05) is 56.4 Å². The fraction of sp³-hybridized carbons (Fsp3) is 0.600. The molecule has 0 saturated carbocycles. The van der Waals surface area contributed by atoms with Crippen molar-refractivity contribution in [3.05, 3.63) is 48.5 Å². The van der Waals surface area contributed by atoms with Crippen LogP contribution in [0.4, 0.5) is 0 Å². The molecule has 1 aliphatic heterocycles. The van der Waals surface area contributed by atoms with Crippen LogP contribution in [-0.4, -0.2) is 54.5 Å². The molecule has 0 spiro atoms. The second kappa shape index (κ2) is 16.8. The Bertz CT molecular complexity index is 836. The first-order valence-corrected chi connectivity index (χ1v) is 16.1. The van der Waals surface area contributed by atoms with E-state index in [9.17, 15) is 0 Å². The van der Waals surface area contributed by atoms with E-state index in [1.165, 1.54) is 43.2 Å². The van der Waals surface area contributed by atoms with E-state index >= 15 is 0 Å². The van der Waals surface area contributed by atoms with Crippen LogP contribution < -0.4 is 9.47 Å². The maximum atomic E-state index is 5.96. The minimum atomic E-state index is -2.47. The average Bonchev–Trinajstić information content (AvgIpc) is 3.74. The zero-order chi connectivity index (χ0) is 26.2. The van der Waals surface area contributed by atoms with Gasteiger partial charge in [-0.2, -0.15) is 0 Å². The minimum absolute atomic E-state index is 0.276. The van der Waals surface area contributed by atoms with E-state index in [0.717, 1.165) is 43.6 Å². The summed E-state index contributed by atoms with van der Waals surface area (Å²) in [6.07, 6.45) is 8.64. The highest BCUT2D eigenvalue weighted by atomic mass is 28.4. The van der Waals surface area contributed by atoms with Crippen molar-refractivity contribution in [2.24, 2.45) is 0 Å². The van der Waals surface area contributed by atoms with E-state index in [0.29, 0.717) is 26.4 Å². The van der Waals surface area contributed by atoms with Gasteiger partial charge >= 0.3 is 8.80 Å². The largest absolute Gasteiger partial charge is 0.500 e. The van der Waals surface area contributed by atoms with Gasteiger partial charge in [-0.3, -0.25) is 0 Å². The highest BCUT2D eigenvalue weighted by Crippen LogP contribution is 2.25. The first kappa shape index (κ1) is 29.6. The van der Waals surface area contributed by atoms with Crippen LogP contribution in [0, 0.1) is 0 Å². The predicted molar refractivity (Wildman–Crippen MR) is 150 cm³/mol. The van der Waals surface area contributed by atoms with E-state index in [4.69, 9.17) is 27.5 Å². The third-order valence-electron chi connectivity index (χ3n) is 6.37. The summed E-state index contributed by atoms with van der Waals surface area (Å²) in [5, 5.41) is 0. The van der Waals surface area contributed by atoms with Gasteiger partial charge in [-0.25, -0.2) is 0 Å². The molecule has 0 N–H and O–H groups in total. The Labute approximate surface area is 224 Å². The summed E-state index contributed by atoms with van der Waals surface area (Å²) in [5.41, 5.74) is 2.34. The maximum absolute atomic E-state index is 5.96. The Morgan fingerprint density at radius 3 is 1.59 bits per heavy atom. The van der Waals surface area contributed by atoms with Crippen LogP contribution in [0.25, 0.3) is 11.1 Å². The second-order valence-corrected chi connectivity index (χ2v) is 12.1. The third-order valence-corrected chi connectivity index (χ3v) is 9.52. The van der Waals surface area contributed by atoms with E-state index in [-0.39, 0.29) is 6.10 Å². The smallest absolute Gasteiger partial charge is 0.494 e. The fourth-order valence-electron chi connectivity index (χ4n) is 4.36. The molecule has 1 saturated heterocycles. The third kappa shape index (κ3) is 11.2. The molecule has 206 valence electrons. The number of unbranched alkanes of at least 4 members (excludes halogenated alkanes) is 6. The highest BCUT2D eigenvalue weighted by molar-refractivity contribution is 6.60. The number of benzene rings is 2. The molecule has 7 heteroatoms. The molecular weight excluding hydrogens is 484 g/mol. The summed E-state index contributed by atoms with van der Waals surface area (Å²) in [6, 6.07) is 17.5. The number of hydrogen-bond donors (Lipinski definition) is 0. The van der Waals surface area contributed by atoms with Crippen molar-refractivity contribution >= 4 is 8.80 Å². The lowest BCUT2D eigenvalue weighted by Gasteiger charge is -2.28. The number of rotatable bonds is 21. The molecule has 0 radical (unpaired) electrons. The van der Waals surface area contributed by atoms with E-state index in [2.05, 4.69) is 36.4 Å². The Morgan fingerprint density at radius 1 is 0.649 bits per heavy atom. The molecule has 1 heterocycles. The zero-order valence-corrected chi connectivity index (χ0v) is 24.0. The zero-order valence-electron chi connectivity index (χ0n) is 23.0. The summed E-state index contributed by atoms with van der Waals surface area (Å²) < 4.78 is 34.7. The lowest BCUT2D eigenvalue weighted by Crippen LogP contribution is -2.45. The van der Waals surface area contributed by atoms with Crippen molar-refractivity contribution in [2.45, 2.75) is 77.9 Å². The fourth-order valence-corrected chi connectivity index (χ4v) is 7.04. The van der Waals surface area contributed by atoms with Gasteiger partial charge < -0.3 is 27.5 Å². The van der Waals surface area contributed by atoms with Gasteiger partial charge in [-0.05, 0) is 69.0 Å². The van der Waals surface area contributed by atoms with Crippen molar-refractivity contribution < 1.29 is 27.5 Å². The van der Waals surface area contributed by atoms with Gasteiger partial charge in [0.2, 0.25) is 0 Å². The highest BCUT2D eigenvalue weighted by Gasteiger charge is 2.39. The molecule has 0 amide bonds. The molecule has 0 bridgehead atoms. The standard InChI is InChI=1S/C30H46O6Si/c1-4-34-37(35-5-2,36-6-3)23-13-11-9-7-8-10-12-22-31-28-18-14-26(15-19-28)27-16-20-29(21-17-27)32-24-30-25-33-30/h14-21,30H,4-13,22-25H2,1-3H3. The first-order valence-electron chi connectivity index (χ1n) is 14.2. The van der Waals surface area contributed by atoms with Crippen LogP contribution in [0.15, 0.2) is 48.5 Å². The lowest BCUT2D eigenvalue weighted by atomic mass is 10.1. The van der Waals surface area contributed by atoms with E-state index in [1.54, 1.807) is 0 Å². The van der Waals surface area contributed by atoms with E-state index < -0.39 is 8.80 Å². The molecule has 1 atom stereocenters. The lowest BCUT2D eigenvalue weighted by molar-refractivity contribution is 0.0706. The van der Waals surface area contributed by atoms with Crippen molar-refractivity contribution in [3.63, 3.8) is 0 Å². The first-order chi connectivity index (χ1) is 18.2. The Kier molecular flexibility index (Phi) is 13.5. The number of hydrogen-bond acceptors (Lipinski definition) is 6. The second-order valence-electron chi connectivity index (χ2n) is 9.37. The predicted octanol–water partition coefficient (Wildman–Crippen LogP) is 7.29. The quantitative estimate of drug-likeness (QED) is 0.0959. The van der Waals surface area contributed by atoms with Crippen LogP contribution in [0.5, 0.6) is 11.5 Å². The summed E-state index contributed by atoms with van der Waals surface area (Å²) in [6.45, 7) is 10.2. The van der Waals surface area contributed by atoms with Gasteiger partial charge in [0, 0.05) is 25.9 Å². The topological polar surface area (TPSA) is 58.7 Å². The van der Waals surface area contributed by atoms with E-state index in [1.807, 2.05) is 32.9 Å². The molecule has 1 aliphatic rings. The summed E-state index contributed by atoms with van der Waals surface area (Å²) in [5.74, 6) is 1.81. The monoisotopic (exact) mass is 530 g/mol. The summed E-state index contributed by atoms with van der Waals surface area (Å²) in [4.78, 5) is 0. The molecule has 6 nitrogen and oxygen atoms in total. The van der Waals surface area contributed by atoms with Gasteiger partial charge in [0.25, 0.3) is 0 Å². The summed E-state index contributed by atoms with van der Waals surface area (Å²) in [7, 11) is -2.47. The molecule has 2 aromatic carbocycles. The van der Waals surface area contributed by atoms with Crippen molar-refractivity contribution in [3.8, 4) is 22.6 Å². The molecule has 1 fully saturated rings. The van der Waals surface area contributed by atoms with Gasteiger partial charge in [0.15, 0.2) is 0 Å². The number of ether oxygens (including phenoxy) is 3. The molecule has 1 unspecified atom stereocenters. The molecule has 0 aliphatic carbocycles. The molecule has 37 heavy (non-hydrogen) atoms. The molecule has 3 rings (SSSR count). The maximum Gasteiger partial charge on any atom is 0.500 e. The van der Waals surface area contributed by atoms with Crippen LogP contribution in [0.3, 0.4) is 0 Å². The van der Waals surface area contributed by atoms with Gasteiger partial charge in [-0.15, -0.1) is 0 Å². The Hall–Kier alpha value is -1.90. The normalized spacial score (nSPS) is 15.1. The minimum Gasteiger partial charge on any atom is -0.494 e. The van der Waals surface area contributed by atoms with Gasteiger partial charge in [0.05, 0.1) is 13.2 Å². The SMILES string of the molecule is CCO[Si](CCCCCCCCCOc1ccc(-c2ccc(OCC3CO3)cc2)cc1)(OCC)OCC. The van der Waals surface area contributed by atoms with Gasteiger partial charge in [0.1, 0.15) is 24.2 Å². The average molecular weight is 531 g/mol.